The number of benzene rings is 2. The average molecular weight is 356 g/mol. The van der Waals surface area contributed by atoms with Crippen molar-refractivity contribution in [3.05, 3.63) is 65.7 Å². The van der Waals surface area contributed by atoms with E-state index >= 15 is 0 Å². The second-order valence-corrected chi connectivity index (χ2v) is 6.09. The lowest BCUT2D eigenvalue weighted by molar-refractivity contribution is -0.120. The van der Waals surface area contributed by atoms with Gasteiger partial charge in [0, 0.05) is 5.92 Å². The molecule has 0 saturated heterocycles. The predicted molar refractivity (Wildman–Crippen MR) is 104 cm³/mol. The number of primary amides is 1. The Morgan fingerprint density at radius 3 is 2.08 bits per heavy atom. The van der Waals surface area contributed by atoms with E-state index in [2.05, 4.69) is 5.32 Å². The van der Waals surface area contributed by atoms with Crippen molar-refractivity contribution in [2.75, 3.05) is 6.61 Å². The van der Waals surface area contributed by atoms with Crippen molar-refractivity contribution >= 4 is 11.8 Å². The molecule has 0 radical (unpaired) electrons. The maximum absolute atomic E-state index is 12.3. The quantitative estimate of drug-likeness (QED) is 0.828. The lowest BCUT2D eigenvalue weighted by Crippen LogP contribution is -2.27. The first-order chi connectivity index (χ1) is 12.4. The Morgan fingerprint density at radius 1 is 1.00 bits per heavy atom. The number of nitrogens with one attached hydrogen (secondary N) is 1. The Balaban J connectivity index is 0.000000487. The van der Waals surface area contributed by atoms with Crippen molar-refractivity contribution in [3.63, 3.8) is 0 Å². The molecule has 26 heavy (non-hydrogen) atoms. The van der Waals surface area contributed by atoms with Crippen molar-refractivity contribution in [1.29, 1.82) is 0 Å². The Hall–Kier alpha value is -2.82. The van der Waals surface area contributed by atoms with Gasteiger partial charge in [0.1, 0.15) is 5.75 Å². The fourth-order valence-corrected chi connectivity index (χ4v) is 2.04. The summed E-state index contributed by atoms with van der Waals surface area (Å²) < 4.78 is 5.48. The van der Waals surface area contributed by atoms with Crippen molar-refractivity contribution in [2.45, 2.75) is 33.7 Å². The maximum atomic E-state index is 12.3. The van der Waals surface area contributed by atoms with Crippen molar-refractivity contribution in [1.82, 2.24) is 5.32 Å². The van der Waals surface area contributed by atoms with E-state index in [0.29, 0.717) is 17.9 Å². The van der Waals surface area contributed by atoms with Crippen molar-refractivity contribution in [2.24, 2.45) is 11.7 Å². The summed E-state index contributed by atoms with van der Waals surface area (Å²) in [5.74, 6) is 0.248. The van der Waals surface area contributed by atoms with Gasteiger partial charge in [-0.3, -0.25) is 9.59 Å². The molecule has 5 heteroatoms. The number of nitrogens with two attached hydrogens (primary N) is 1. The molecule has 0 fully saturated rings. The number of amides is 2. The zero-order valence-electron chi connectivity index (χ0n) is 15.9. The third-order valence-corrected chi connectivity index (χ3v) is 3.65. The molecular formula is C21H28N2O3. The number of ether oxygens (including phenoxy) is 1. The number of hydrogen-bond acceptors (Lipinski definition) is 3. The van der Waals surface area contributed by atoms with Gasteiger partial charge < -0.3 is 15.8 Å². The largest absolute Gasteiger partial charge is 0.493 e. The van der Waals surface area contributed by atoms with E-state index in [4.69, 9.17) is 10.5 Å². The first-order valence-electron chi connectivity index (χ1n) is 8.73. The van der Waals surface area contributed by atoms with Gasteiger partial charge in [-0.15, -0.1) is 0 Å². The molecule has 0 bridgehead atoms. The van der Waals surface area contributed by atoms with Crippen LogP contribution in [0.25, 0.3) is 0 Å². The van der Waals surface area contributed by atoms with E-state index in [1.807, 2.05) is 62.4 Å². The highest BCUT2D eigenvalue weighted by atomic mass is 16.5. The van der Waals surface area contributed by atoms with Crippen LogP contribution in [0.3, 0.4) is 0 Å². The molecule has 2 rings (SSSR count). The summed E-state index contributed by atoms with van der Waals surface area (Å²) in [5, 5.41) is 2.99. The smallest absolute Gasteiger partial charge is 0.255 e. The molecule has 0 aliphatic carbocycles. The van der Waals surface area contributed by atoms with E-state index in [0.717, 1.165) is 5.56 Å². The summed E-state index contributed by atoms with van der Waals surface area (Å²) >= 11 is 0. The SMILES string of the molecule is CC(C)C(N)=O.CCOc1ccccc1C(=O)NC(C)c1ccccc1. The molecule has 3 N–H and O–H groups in total. The maximum Gasteiger partial charge on any atom is 0.255 e. The van der Waals surface area contributed by atoms with Gasteiger partial charge in [0.2, 0.25) is 5.91 Å². The van der Waals surface area contributed by atoms with Crippen LogP contribution in [0, 0.1) is 5.92 Å². The Kier molecular flexibility index (Phi) is 8.92. The molecule has 1 atom stereocenters. The summed E-state index contributed by atoms with van der Waals surface area (Å²) in [6.07, 6.45) is 0. The van der Waals surface area contributed by atoms with E-state index in [-0.39, 0.29) is 23.8 Å². The molecular weight excluding hydrogens is 328 g/mol. The highest BCUT2D eigenvalue weighted by Crippen LogP contribution is 2.19. The summed E-state index contributed by atoms with van der Waals surface area (Å²) in [4.78, 5) is 22.3. The number of carbonyl (C=O) groups excluding carboxylic acids is 2. The van der Waals surface area contributed by atoms with Crippen LogP contribution in [-0.4, -0.2) is 18.4 Å². The highest BCUT2D eigenvalue weighted by molar-refractivity contribution is 5.97. The second kappa shape index (κ2) is 10.9. The first-order valence-corrected chi connectivity index (χ1v) is 8.73. The predicted octanol–water partition coefficient (Wildman–Crippen LogP) is 3.70. The molecule has 2 aromatic carbocycles. The van der Waals surface area contributed by atoms with Gasteiger partial charge in [0.25, 0.3) is 5.91 Å². The number of rotatable bonds is 6. The van der Waals surface area contributed by atoms with Gasteiger partial charge in [-0.25, -0.2) is 0 Å². The zero-order chi connectivity index (χ0) is 19.5. The van der Waals surface area contributed by atoms with Gasteiger partial charge in [0.05, 0.1) is 18.2 Å². The Labute approximate surface area is 155 Å². The standard InChI is InChI=1S/C17H19NO2.C4H9NO/c1-3-20-16-12-8-7-11-15(16)17(19)18-13(2)14-9-5-4-6-10-14;1-3(2)4(5)6/h4-13H,3H2,1-2H3,(H,18,19);3H,1-2H3,(H2,5,6). The number of carbonyl (C=O) groups is 2. The van der Waals surface area contributed by atoms with E-state index in [9.17, 15) is 9.59 Å². The van der Waals surface area contributed by atoms with Crippen LogP contribution in [0.4, 0.5) is 0 Å². The van der Waals surface area contributed by atoms with Crippen LogP contribution in [0.2, 0.25) is 0 Å². The first kappa shape index (κ1) is 21.2. The lowest BCUT2D eigenvalue weighted by atomic mass is 10.1. The van der Waals surface area contributed by atoms with Crippen molar-refractivity contribution in [3.8, 4) is 5.75 Å². The van der Waals surface area contributed by atoms with E-state index in [1.54, 1.807) is 19.9 Å². The molecule has 140 valence electrons. The van der Waals surface area contributed by atoms with Crippen LogP contribution in [0.5, 0.6) is 5.75 Å². The van der Waals surface area contributed by atoms with Crippen LogP contribution >= 0.6 is 0 Å². The topological polar surface area (TPSA) is 81.4 Å². The molecule has 0 aromatic heterocycles. The number of para-hydroxylation sites is 1. The van der Waals surface area contributed by atoms with Gasteiger partial charge in [-0.05, 0) is 31.5 Å². The average Bonchev–Trinajstić information content (AvgIpc) is 2.63. The minimum atomic E-state index is -0.241. The Morgan fingerprint density at radius 2 is 1.54 bits per heavy atom. The fraction of sp³-hybridized carbons (Fsp3) is 0.333. The van der Waals surface area contributed by atoms with Gasteiger partial charge >= 0.3 is 0 Å². The fourth-order valence-electron chi connectivity index (χ4n) is 2.04. The summed E-state index contributed by atoms with van der Waals surface area (Å²) in [7, 11) is 0. The molecule has 0 aliphatic heterocycles. The van der Waals surface area contributed by atoms with Crippen LogP contribution in [-0.2, 0) is 4.79 Å². The van der Waals surface area contributed by atoms with Gasteiger partial charge in [-0.2, -0.15) is 0 Å². The van der Waals surface area contributed by atoms with Gasteiger partial charge in [0.15, 0.2) is 0 Å². The van der Waals surface area contributed by atoms with Crippen LogP contribution < -0.4 is 15.8 Å². The third kappa shape index (κ3) is 6.97. The Bertz CT molecular complexity index is 699. The van der Waals surface area contributed by atoms with Gasteiger partial charge in [-0.1, -0.05) is 56.3 Å². The van der Waals surface area contributed by atoms with Crippen molar-refractivity contribution < 1.29 is 14.3 Å². The zero-order valence-corrected chi connectivity index (χ0v) is 15.9. The molecule has 0 aliphatic rings. The van der Waals surface area contributed by atoms with Crippen LogP contribution in [0.15, 0.2) is 54.6 Å². The molecule has 1 unspecified atom stereocenters. The minimum absolute atomic E-state index is 0.00926. The number of hydrogen-bond donors (Lipinski definition) is 2. The normalized spacial score (nSPS) is 11.1. The molecule has 5 nitrogen and oxygen atoms in total. The highest BCUT2D eigenvalue weighted by Gasteiger charge is 2.14. The van der Waals surface area contributed by atoms with Crippen LogP contribution in [0.1, 0.15) is 49.7 Å². The van der Waals surface area contributed by atoms with E-state index < -0.39 is 0 Å². The molecule has 2 aromatic rings. The second-order valence-electron chi connectivity index (χ2n) is 6.09. The minimum Gasteiger partial charge on any atom is -0.493 e. The molecule has 2 amide bonds. The molecule has 0 saturated carbocycles. The molecule has 0 spiro atoms. The monoisotopic (exact) mass is 356 g/mol. The van der Waals surface area contributed by atoms with E-state index in [1.165, 1.54) is 0 Å². The lowest BCUT2D eigenvalue weighted by Gasteiger charge is -2.16. The summed E-state index contributed by atoms with van der Waals surface area (Å²) in [6, 6.07) is 17.1. The molecule has 0 heterocycles. The summed E-state index contributed by atoms with van der Waals surface area (Å²) in [5.41, 5.74) is 6.44. The summed E-state index contributed by atoms with van der Waals surface area (Å²) in [6.45, 7) is 7.95. The third-order valence-electron chi connectivity index (χ3n) is 3.65.